The Kier molecular flexibility index (Phi) is 5.32. The molecule has 29 heavy (non-hydrogen) atoms. The SMILES string of the molecule is Cc1ccc(-n2cc(CN[C@@H](C)c3cnn(C)c3)c(-c3cccc(C)c3)n2)cc1. The van der Waals surface area contributed by atoms with Gasteiger partial charge in [-0.3, -0.25) is 4.68 Å². The third kappa shape index (κ3) is 4.30. The minimum Gasteiger partial charge on any atom is -0.306 e. The van der Waals surface area contributed by atoms with Gasteiger partial charge in [0.15, 0.2) is 0 Å². The Balaban J connectivity index is 1.66. The van der Waals surface area contributed by atoms with Crippen molar-refractivity contribution in [2.75, 3.05) is 0 Å². The van der Waals surface area contributed by atoms with E-state index >= 15 is 0 Å². The zero-order valence-corrected chi connectivity index (χ0v) is 17.4. The van der Waals surface area contributed by atoms with E-state index in [1.807, 2.05) is 22.6 Å². The highest BCUT2D eigenvalue weighted by atomic mass is 15.3. The largest absolute Gasteiger partial charge is 0.306 e. The maximum absolute atomic E-state index is 4.94. The molecule has 5 nitrogen and oxygen atoms in total. The molecule has 0 unspecified atom stereocenters. The highest BCUT2D eigenvalue weighted by Crippen LogP contribution is 2.25. The molecule has 0 spiro atoms. The number of nitrogens with one attached hydrogen (secondary N) is 1. The normalized spacial score (nSPS) is 12.3. The highest BCUT2D eigenvalue weighted by Gasteiger charge is 2.14. The summed E-state index contributed by atoms with van der Waals surface area (Å²) in [7, 11) is 1.94. The van der Waals surface area contributed by atoms with Gasteiger partial charge in [-0.2, -0.15) is 10.2 Å². The first-order valence-corrected chi connectivity index (χ1v) is 9.94. The van der Waals surface area contributed by atoms with Crippen LogP contribution in [-0.2, 0) is 13.6 Å². The number of hydrogen-bond acceptors (Lipinski definition) is 3. The van der Waals surface area contributed by atoms with Crippen molar-refractivity contribution < 1.29 is 0 Å². The molecule has 0 fully saturated rings. The van der Waals surface area contributed by atoms with Gasteiger partial charge in [0.1, 0.15) is 0 Å². The zero-order chi connectivity index (χ0) is 20.4. The van der Waals surface area contributed by atoms with Gasteiger partial charge >= 0.3 is 0 Å². The van der Waals surface area contributed by atoms with Crippen molar-refractivity contribution in [2.45, 2.75) is 33.4 Å². The number of aromatic nitrogens is 4. The molecule has 0 aliphatic carbocycles. The second kappa shape index (κ2) is 8.05. The fourth-order valence-electron chi connectivity index (χ4n) is 3.45. The Morgan fingerprint density at radius 2 is 1.79 bits per heavy atom. The Hall–Kier alpha value is -3.18. The Morgan fingerprint density at radius 3 is 2.48 bits per heavy atom. The van der Waals surface area contributed by atoms with Gasteiger partial charge in [-0.15, -0.1) is 0 Å². The summed E-state index contributed by atoms with van der Waals surface area (Å²) in [4.78, 5) is 0. The van der Waals surface area contributed by atoms with E-state index < -0.39 is 0 Å². The Labute approximate surface area is 172 Å². The Morgan fingerprint density at radius 1 is 1.00 bits per heavy atom. The van der Waals surface area contributed by atoms with E-state index in [0.717, 1.165) is 23.5 Å². The van der Waals surface area contributed by atoms with Crippen molar-refractivity contribution in [3.05, 3.63) is 89.4 Å². The van der Waals surface area contributed by atoms with Crippen LogP contribution in [0, 0.1) is 13.8 Å². The van der Waals surface area contributed by atoms with E-state index in [2.05, 4.69) is 92.1 Å². The molecule has 0 aliphatic heterocycles. The summed E-state index contributed by atoms with van der Waals surface area (Å²) < 4.78 is 3.81. The van der Waals surface area contributed by atoms with Crippen LogP contribution < -0.4 is 5.32 Å². The van der Waals surface area contributed by atoms with Crippen LogP contribution in [0.15, 0.2) is 67.1 Å². The molecule has 0 aliphatic rings. The minimum absolute atomic E-state index is 0.205. The van der Waals surface area contributed by atoms with E-state index in [1.54, 1.807) is 0 Å². The van der Waals surface area contributed by atoms with Crippen molar-refractivity contribution in [3.63, 3.8) is 0 Å². The predicted molar refractivity (Wildman–Crippen MR) is 117 cm³/mol. The van der Waals surface area contributed by atoms with Crippen molar-refractivity contribution in [1.82, 2.24) is 24.9 Å². The molecule has 148 valence electrons. The van der Waals surface area contributed by atoms with Crippen LogP contribution in [-0.4, -0.2) is 19.6 Å². The van der Waals surface area contributed by atoms with E-state index in [-0.39, 0.29) is 6.04 Å². The van der Waals surface area contributed by atoms with E-state index in [9.17, 15) is 0 Å². The summed E-state index contributed by atoms with van der Waals surface area (Å²) in [5.41, 5.74) is 8.04. The van der Waals surface area contributed by atoms with Gasteiger partial charge in [0.25, 0.3) is 0 Å². The quantitative estimate of drug-likeness (QED) is 0.521. The van der Waals surface area contributed by atoms with Crippen molar-refractivity contribution in [1.29, 1.82) is 0 Å². The molecule has 0 radical (unpaired) electrons. The summed E-state index contributed by atoms with van der Waals surface area (Å²) >= 11 is 0. The fourth-order valence-corrected chi connectivity index (χ4v) is 3.45. The second-order valence-electron chi connectivity index (χ2n) is 7.70. The first-order valence-electron chi connectivity index (χ1n) is 9.94. The molecule has 2 aromatic heterocycles. The summed E-state index contributed by atoms with van der Waals surface area (Å²) in [6.07, 6.45) is 6.09. The molecule has 5 heteroatoms. The average Bonchev–Trinajstić information content (AvgIpc) is 3.33. The average molecular weight is 386 g/mol. The number of nitrogens with zero attached hydrogens (tertiary/aromatic N) is 4. The van der Waals surface area contributed by atoms with Gasteiger partial charge in [-0.1, -0.05) is 41.5 Å². The van der Waals surface area contributed by atoms with E-state index in [4.69, 9.17) is 5.10 Å². The molecular formula is C24H27N5. The van der Waals surface area contributed by atoms with Crippen molar-refractivity contribution in [3.8, 4) is 16.9 Å². The van der Waals surface area contributed by atoms with Gasteiger partial charge in [0, 0.05) is 48.7 Å². The lowest BCUT2D eigenvalue weighted by Gasteiger charge is -2.12. The third-order valence-corrected chi connectivity index (χ3v) is 5.20. The summed E-state index contributed by atoms with van der Waals surface area (Å²) in [6.45, 7) is 7.10. The van der Waals surface area contributed by atoms with Gasteiger partial charge in [-0.05, 0) is 39.0 Å². The monoisotopic (exact) mass is 385 g/mol. The standard InChI is InChI=1S/C24H27N5/c1-17-8-10-23(11-9-17)29-16-22(13-25-19(3)21-14-26-28(4)15-21)24(27-29)20-7-5-6-18(2)12-20/h5-12,14-16,19,25H,13H2,1-4H3/t19-/m0/s1. The minimum atomic E-state index is 0.205. The first kappa shape index (κ1) is 19.2. The summed E-state index contributed by atoms with van der Waals surface area (Å²) in [5.74, 6) is 0. The predicted octanol–water partition coefficient (Wildman–Crippen LogP) is 4.74. The highest BCUT2D eigenvalue weighted by molar-refractivity contribution is 5.64. The van der Waals surface area contributed by atoms with Crippen LogP contribution in [0.2, 0.25) is 0 Å². The van der Waals surface area contributed by atoms with Crippen molar-refractivity contribution in [2.24, 2.45) is 7.05 Å². The molecule has 1 N–H and O–H groups in total. The number of rotatable bonds is 6. The second-order valence-corrected chi connectivity index (χ2v) is 7.70. The molecule has 4 rings (SSSR count). The van der Waals surface area contributed by atoms with E-state index in [1.165, 1.54) is 22.3 Å². The zero-order valence-electron chi connectivity index (χ0n) is 17.4. The van der Waals surface area contributed by atoms with Gasteiger partial charge < -0.3 is 5.32 Å². The van der Waals surface area contributed by atoms with Crippen LogP contribution in [0.25, 0.3) is 16.9 Å². The number of aryl methyl sites for hydroxylation is 3. The van der Waals surface area contributed by atoms with Gasteiger partial charge in [-0.25, -0.2) is 4.68 Å². The fraction of sp³-hybridized carbons (Fsp3) is 0.250. The van der Waals surface area contributed by atoms with Crippen LogP contribution in [0.3, 0.4) is 0 Å². The smallest absolute Gasteiger partial charge is 0.0972 e. The summed E-state index contributed by atoms with van der Waals surface area (Å²) in [5, 5.41) is 12.8. The molecule has 0 amide bonds. The van der Waals surface area contributed by atoms with Crippen LogP contribution in [0.4, 0.5) is 0 Å². The lowest BCUT2D eigenvalue weighted by atomic mass is 10.1. The maximum atomic E-state index is 4.94. The molecule has 0 saturated heterocycles. The van der Waals surface area contributed by atoms with Crippen LogP contribution in [0.1, 0.15) is 35.2 Å². The van der Waals surface area contributed by atoms with E-state index in [0.29, 0.717) is 0 Å². The molecule has 2 heterocycles. The van der Waals surface area contributed by atoms with Gasteiger partial charge in [0.05, 0.1) is 17.6 Å². The lowest BCUT2D eigenvalue weighted by molar-refractivity contribution is 0.574. The molecule has 4 aromatic rings. The Bertz CT molecular complexity index is 1100. The third-order valence-electron chi connectivity index (χ3n) is 5.20. The van der Waals surface area contributed by atoms with Crippen LogP contribution in [0.5, 0.6) is 0 Å². The van der Waals surface area contributed by atoms with Gasteiger partial charge in [0.2, 0.25) is 0 Å². The topological polar surface area (TPSA) is 47.7 Å². The van der Waals surface area contributed by atoms with Crippen LogP contribution >= 0.6 is 0 Å². The molecule has 1 atom stereocenters. The first-order chi connectivity index (χ1) is 14.0. The molecular weight excluding hydrogens is 358 g/mol. The summed E-state index contributed by atoms with van der Waals surface area (Å²) in [6, 6.07) is 17.2. The molecule has 2 aromatic carbocycles. The molecule has 0 saturated carbocycles. The maximum Gasteiger partial charge on any atom is 0.0972 e. The molecule has 0 bridgehead atoms. The number of benzene rings is 2. The number of hydrogen-bond donors (Lipinski definition) is 1. The van der Waals surface area contributed by atoms with Crippen molar-refractivity contribution >= 4 is 0 Å². The lowest BCUT2D eigenvalue weighted by Crippen LogP contribution is -2.17.